The number of hydrogen-bond donors (Lipinski definition) is 2. The molecule has 0 spiro atoms. The zero-order valence-electron chi connectivity index (χ0n) is 21.7. The number of thioether (sulfide) groups is 1. The second-order valence-corrected chi connectivity index (χ2v) is 10.1. The number of anilines is 2. The molecule has 3 heterocycles. The van der Waals surface area contributed by atoms with Crippen LogP contribution in [0.3, 0.4) is 0 Å². The summed E-state index contributed by atoms with van der Waals surface area (Å²) in [5.41, 5.74) is 5.92. The van der Waals surface area contributed by atoms with Gasteiger partial charge in [-0.2, -0.15) is 14.8 Å². The Balaban J connectivity index is 1.52. The van der Waals surface area contributed by atoms with Gasteiger partial charge in [0.15, 0.2) is 5.65 Å². The van der Waals surface area contributed by atoms with Crippen LogP contribution in [-0.4, -0.2) is 36.6 Å². The highest BCUT2D eigenvalue weighted by Crippen LogP contribution is 2.27. The van der Waals surface area contributed by atoms with E-state index in [0.717, 1.165) is 15.9 Å². The van der Waals surface area contributed by atoms with E-state index in [-0.39, 0.29) is 11.3 Å². The van der Waals surface area contributed by atoms with E-state index in [1.807, 2.05) is 60.9 Å². The summed E-state index contributed by atoms with van der Waals surface area (Å²) in [6, 6.07) is 27.2. The molecule has 3 aromatic heterocycles. The van der Waals surface area contributed by atoms with E-state index in [9.17, 15) is 9.59 Å². The molecule has 6 rings (SSSR count). The molecule has 6 aromatic rings. The van der Waals surface area contributed by atoms with Crippen molar-refractivity contribution in [1.29, 1.82) is 0 Å². The molecule has 0 fully saturated rings. The monoisotopic (exact) mass is 579 g/mol. The van der Waals surface area contributed by atoms with Crippen molar-refractivity contribution in [2.75, 3.05) is 17.0 Å². The second-order valence-electron chi connectivity index (χ2n) is 8.89. The SMILES string of the molecule is CSc1nn(-c2ccccc2)c2nc(Nc3ccc(Cl)cc3)n(NC(=O)c3ccccc3-c3ccncc3)c(=O)c12. The standard InChI is InChI=1S/C30H22ClN7O2S/c1-41-28-25-26(37(36-28)22-7-3-2-4-8-22)34-30(33-21-13-11-20(31)12-14-21)38(29(25)40)35-27(39)24-10-6-5-9-23(24)19-15-17-32-18-16-19/h2-18H,1H3,(H,33,34)(H,35,39). The Kier molecular flexibility index (Phi) is 7.24. The number of nitrogens with one attached hydrogen (secondary N) is 2. The molecule has 0 bridgehead atoms. The van der Waals surface area contributed by atoms with E-state index in [4.69, 9.17) is 16.6 Å². The third-order valence-corrected chi connectivity index (χ3v) is 7.26. The summed E-state index contributed by atoms with van der Waals surface area (Å²) in [6.07, 6.45) is 5.16. The van der Waals surface area contributed by atoms with Gasteiger partial charge in [0.05, 0.1) is 5.69 Å². The van der Waals surface area contributed by atoms with Crippen molar-refractivity contribution >= 4 is 51.9 Å². The fourth-order valence-electron chi connectivity index (χ4n) is 4.41. The minimum absolute atomic E-state index is 0.101. The van der Waals surface area contributed by atoms with Crippen LogP contribution >= 0.6 is 23.4 Å². The fourth-order valence-corrected chi connectivity index (χ4v) is 5.08. The molecule has 0 unspecified atom stereocenters. The molecule has 3 aromatic carbocycles. The number of amides is 1. The summed E-state index contributed by atoms with van der Waals surface area (Å²) in [5.74, 6) is -0.384. The van der Waals surface area contributed by atoms with Crippen LogP contribution in [-0.2, 0) is 0 Å². The number of para-hydroxylation sites is 1. The molecule has 0 aliphatic carbocycles. The van der Waals surface area contributed by atoms with Crippen molar-refractivity contribution in [3.63, 3.8) is 0 Å². The highest BCUT2D eigenvalue weighted by atomic mass is 35.5. The third-order valence-electron chi connectivity index (χ3n) is 6.34. The molecule has 41 heavy (non-hydrogen) atoms. The first-order valence-corrected chi connectivity index (χ1v) is 14.1. The summed E-state index contributed by atoms with van der Waals surface area (Å²) in [7, 11) is 0. The van der Waals surface area contributed by atoms with Gasteiger partial charge in [0, 0.05) is 28.7 Å². The molecule has 0 aliphatic rings. The Bertz CT molecular complexity index is 1930. The summed E-state index contributed by atoms with van der Waals surface area (Å²) < 4.78 is 2.75. The zero-order valence-corrected chi connectivity index (χ0v) is 23.2. The van der Waals surface area contributed by atoms with Gasteiger partial charge in [0.25, 0.3) is 11.5 Å². The number of pyridine rings is 1. The van der Waals surface area contributed by atoms with E-state index in [1.54, 1.807) is 53.5 Å². The molecule has 0 atom stereocenters. The lowest BCUT2D eigenvalue weighted by Crippen LogP contribution is -2.35. The number of aromatic nitrogens is 5. The van der Waals surface area contributed by atoms with Crippen LogP contribution in [0, 0.1) is 0 Å². The van der Waals surface area contributed by atoms with Gasteiger partial charge in [-0.3, -0.25) is 20.0 Å². The Morgan fingerprint density at radius 1 is 0.902 bits per heavy atom. The first-order chi connectivity index (χ1) is 20.0. The van der Waals surface area contributed by atoms with E-state index in [1.165, 1.54) is 11.8 Å². The molecule has 2 N–H and O–H groups in total. The topological polar surface area (TPSA) is 107 Å². The van der Waals surface area contributed by atoms with Crippen LogP contribution in [0.1, 0.15) is 10.4 Å². The van der Waals surface area contributed by atoms with Crippen molar-refractivity contribution in [3.8, 4) is 16.8 Å². The maximum absolute atomic E-state index is 14.1. The summed E-state index contributed by atoms with van der Waals surface area (Å²) in [4.78, 5) is 36.7. The molecule has 1 amide bonds. The van der Waals surface area contributed by atoms with Crippen LogP contribution in [0.15, 0.2) is 113 Å². The first-order valence-electron chi connectivity index (χ1n) is 12.5. The predicted molar refractivity (Wildman–Crippen MR) is 163 cm³/mol. The van der Waals surface area contributed by atoms with Crippen molar-refractivity contribution in [1.82, 2.24) is 24.4 Å². The second kappa shape index (κ2) is 11.3. The van der Waals surface area contributed by atoms with Crippen molar-refractivity contribution < 1.29 is 4.79 Å². The molecular weight excluding hydrogens is 558 g/mol. The third kappa shape index (κ3) is 5.18. The van der Waals surface area contributed by atoms with E-state index < -0.39 is 11.5 Å². The number of nitrogens with zero attached hydrogens (tertiary/aromatic N) is 5. The molecule has 9 nitrogen and oxygen atoms in total. The lowest BCUT2D eigenvalue weighted by molar-refractivity contribution is 0.101. The minimum Gasteiger partial charge on any atom is -0.324 e. The van der Waals surface area contributed by atoms with Crippen LogP contribution in [0.2, 0.25) is 5.02 Å². The maximum atomic E-state index is 14.1. The number of carbonyl (C=O) groups is 1. The zero-order chi connectivity index (χ0) is 28.3. The van der Waals surface area contributed by atoms with Crippen molar-refractivity contribution in [2.24, 2.45) is 0 Å². The van der Waals surface area contributed by atoms with Crippen molar-refractivity contribution in [3.05, 3.63) is 124 Å². The highest BCUT2D eigenvalue weighted by molar-refractivity contribution is 7.98. The maximum Gasteiger partial charge on any atom is 0.286 e. The van der Waals surface area contributed by atoms with Crippen LogP contribution < -0.4 is 16.3 Å². The lowest BCUT2D eigenvalue weighted by Gasteiger charge is -2.16. The number of hydrogen-bond acceptors (Lipinski definition) is 7. The normalized spacial score (nSPS) is 11.0. The quantitative estimate of drug-likeness (QED) is 0.219. The van der Waals surface area contributed by atoms with Gasteiger partial charge >= 0.3 is 0 Å². The molecule has 0 saturated carbocycles. The number of fused-ring (bicyclic) bond motifs is 1. The number of benzene rings is 3. The van der Waals surface area contributed by atoms with Gasteiger partial charge < -0.3 is 5.32 Å². The predicted octanol–water partition coefficient (Wildman–Crippen LogP) is 6.15. The fraction of sp³-hybridized carbons (Fsp3) is 0.0333. The molecule has 0 saturated heterocycles. The molecule has 11 heteroatoms. The van der Waals surface area contributed by atoms with E-state index >= 15 is 0 Å². The summed E-state index contributed by atoms with van der Waals surface area (Å²) in [5, 5.41) is 9.16. The number of halogens is 1. The Morgan fingerprint density at radius 2 is 1.61 bits per heavy atom. The van der Waals surface area contributed by atoms with Crippen LogP contribution in [0.4, 0.5) is 11.6 Å². The molecule has 0 aliphatic heterocycles. The number of carbonyl (C=O) groups excluding carboxylic acids is 1. The van der Waals surface area contributed by atoms with Crippen LogP contribution in [0.25, 0.3) is 27.8 Å². The smallest absolute Gasteiger partial charge is 0.286 e. The Morgan fingerprint density at radius 3 is 2.34 bits per heavy atom. The Hall–Kier alpha value is -4.93. The van der Waals surface area contributed by atoms with Gasteiger partial charge in [0.1, 0.15) is 10.4 Å². The minimum atomic E-state index is -0.485. The first kappa shape index (κ1) is 26.3. The molecule has 0 radical (unpaired) electrons. The van der Waals surface area contributed by atoms with Gasteiger partial charge in [0.2, 0.25) is 5.95 Å². The average molecular weight is 580 g/mol. The Labute approximate surface area is 243 Å². The van der Waals surface area contributed by atoms with Gasteiger partial charge in [-0.15, -0.1) is 11.8 Å². The van der Waals surface area contributed by atoms with Gasteiger partial charge in [-0.05, 0) is 72.0 Å². The van der Waals surface area contributed by atoms with Crippen LogP contribution in [0.5, 0.6) is 0 Å². The summed E-state index contributed by atoms with van der Waals surface area (Å²) in [6.45, 7) is 0. The van der Waals surface area contributed by atoms with E-state index in [0.29, 0.717) is 32.5 Å². The highest BCUT2D eigenvalue weighted by Gasteiger charge is 2.23. The van der Waals surface area contributed by atoms with E-state index in [2.05, 4.69) is 20.8 Å². The molecular formula is C30H22ClN7O2S. The number of rotatable bonds is 7. The average Bonchev–Trinajstić information content (AvgIpc) is 3.39. The molecule has 202 valence electrons. The van der Waals surface area contributed by atoms with Gasteiger partial charge in [-0.25, -0.2) is 4.68 Å². The summed E-state index contributed by atoms with van der Waals surface area (Å²) >= 11 is 7.41. The lowest BCUT2D eigenvalue weighted by atomic mass is 10.0. The van der Waals surface area contributed by atoms with Crippen molar-refractivity contribution in [2.45, 2.75) is 5.03 Å². The van der Waals surface area contributed by atoms with Gasteiger partial charge in [-0.1, -0.05) is 48.0 Å². The largest absolute Gasteiger partial charge is 0.324 e.